The molecule has 0 amide bonds. The average molecular weight is 411 g/mol. The predicted molar refractivity (Wildman–Crippen MR) is 101 cm³/mol. The largest absolute Gasteiger partial charge is 0.492 e. The zero-order chi connectivity index (χ0) is 21.3. The van der Waals surface area contributed by atoms with Gasteiger partial charge in [0, 0.05) is 17.8 Å². The van der Waals surface area contributed by atoms with Crippen molar-refractivity contribution in [1.29, 1.82) is 0 Å². The number of hydrogen-bond donors (Lipinski definition) is 3. The third-order valence-corrected chi connectivity index (χ3v) is 4.13. The van der Waals surface area contributed by atoms with Gasteiger partial charge in [0.25, 0.3) is 0 Å². The lowest BCUT2D eigenvalue weighted by molar-refractivity contribution is -0.384. The molecular weight excluding hydrogens is 398 g/mol. The fourth-order valence-electron chi connectivity index (χ4n) is 2.72. The predicted octanol–water partition coefficient (Wildman–Crippen LogP) is 2.29. The molecule has 0 radical (unpaired) electrons. The summed E-state index contributed by atoms with van der Waals surface area (Å²) in [6, 6.07) is 9.04. The number of aromatic nitrogens is 3. The first-order chi connectivity index (χ1) is 14.4. The Morgan fingerprint density at radius 1 is 1.17 bits per heavy atom. The third kappa shape index (κ3) is 3.56. The van der Waals surface area contributed by atoms with Crippen molar-refractivity contribution in [3.05, 3.63) is 64.5 Å². The molecule has 152 valence electrons. The highest BCUT2D eigenvalue weighted by Gasteiger charge is 2.20. The number of nitrogens with zero attached hydrogens (tertiary/aromatic N) is 4. The van der Waals surface area contributed by atoms with Crippen LogP contribution in [0.4, 0.5) is 17.2 Å². The van der Waals surface area contributed by atoms with E-state index in [4.69, 9.17) is 9.36 Å². The van der Waals surface area contributed by atoms with E-state index in [1.165, 1.54) is 18.3 Å². The van der Waals surface area contributed by atoms with Gasteiger partial charge in [0.2, 0.25) is 17.3 Å². The Hall–Kier alpha value is -4.61. The normalized spacial score (nSPS) is 10.8. The van der Waals surface area contributed by atoms with Crippen LogP contribution in [0.1, 0.15) is 5.56 Å². The van der Waals surface area contributed by atoms with Crippen LogP contribution in [-0.4, -0.2) is 36.0 Å². The third-order valence-electron chi connectivity index (χ3n) is 4.13. The van der Waals surface area contributed by atoms with E-state index in [0.29, 0.717) is 27.2 Å². The van der Waals surface area contributed by atoms with E-state index in [1.807, 2.05) is 0 Å². The minimum Gasteiger partial charge on any atom is -0.492 e. The summed E-state index contributed by atoms with van der Waals surface area (Å²) in [6.45, 7) is 0. The minimum absolute atomic E-state index is 0.00776. The first kappa shape index (κ1) is 18.7. The van der Waals surface area contributed by atoms with Crippen molar-refractivity contribution in [2.24, 2.45) is 0 Å². The molecule has 3 heterocycles. The van der Waals surface area contributed by atoms with Crippen molar-refractivity contribution in [2.45, 2.75) is 6.42 Å². The van der Waals surface area contributed by atoms with Gasteiger partial charge in [0.05, 0.1) is 22.9 Å². The molecule has 0 saturated carbocycles. The van der Waals surface area contributed by atoms with Gasteiger partial charge in [-0.2, -0.15) is 0 Å². The van der Waals surface area contributed by atoms with Crippen LogP contribution in [0, 0.1) is 10.1 Å². The number of rotatable bonds is 6. The standard InChI is InChI=1S/C18H13N5O7/c24-14-5-6-15(25)22(14)30-16(26)7-10-1-3-11(4-2-10)21-18-12-8-20-29-17(12)13(9-19-18)23(27)28/h1-6,8-9,24-25H,7H2,(H,19,21). The molecule has 0 unspecified atom stereocenters. The topological polar surface area (TPSA) is 166 Å². The average Bonchev–Trinajstić information content (AvgIpc) is 3.32. The van der Waals surface area contributed by atoms with E-state index in [1.54, 1.807) is 24.3 Å². The number of nitrogens with one attached hydrogen (secondary N) is 1. The van der Waals surface area contributed by atoms with Gasteiger partial charge in [0.1, 0.15) is 12.0 Å². The Labute approximate surface area is 167 Å². The molecule has 0 saturated heterocycles. The van der Waals surface area contributed by atoms with Gasteiger partial charge in [-0.3, -0.25) is 10.1 Å². The van der Waals surface area contributed by atoms with Crippen LogP contribution in [0.25, 0.3) is 11.0 Å². The number of anilines is 2. The monoisotopic (exact) mass is 411 g/mol. The Balaban J connectivity index is 1.46. The van der Waals surface area contributed by atoms with Crippen LogP contribution in [0.15, 0.2) is 53.3 Å². The number of nitro groups is 1. The molecule has 0 spiro atoms. The molecular formula is C18H13N5O7. The van der Waals surface area contributed by atoms with Gasteiger partial charge in [-0.1, -0.05) is 17.3 Å². The van der Waals surface area contributed by atoms with Crippen LogP contribution in [0.3, 0.4) is 0 Å². The number of carbonyl (C=O) groups is 1. The zero-order valence-corrected chi connectivity index (χ0v) is 15.1. The van der Waals surface area contributed by atoms with Crippen LogP contribution in [0.2, 0.25) is 0 Å². The zero-order valence-electron chi connectivity index (χ0n) is 15.1. The van der Waals surface area contributed by atoms with Crippen molar-refractivity contribution in [3.63, 3.8) is 0 Å². The van der Waals surface area contributed by atoms with Crippen molar-refractivity contribution in [1.82, 2.24) is 14.9 Å². The van der Waals surface area contributed by atoms with Crippen LogP contribution < -0.4 is 10.2 Å². The lowest BCUT2D eigenvalue weighted by atomic mass is 10.1. The second-order valence-electron chi connectivity index (χ2n) is 6.12. The molecule has 0 aliphatic heterocycles. The Kier molecular flexibility index (Phi) is 4.64. The number of pyridine rings is 1. The Bertz CT molecular complexity index is 1230. The van der Waals surface area contributed by atoms with Gasteiger partial charge in [0.15, 0.2) is 0 Å². The Morgan fingerprint density at radius 3 is 2.53 bits per heavy atom. The summed E-state index contributed by atoms with van der Waals surface area (Å²) < 4.78 is 5.56. The highest BCUT2D eigenvalue weighted by molar-refractivity contribution is 5.94. The summed E-state index contributed by atoms with van der Waals surface area (Å²) in [5.41, 5.74) is 0.940. The maximum atomic E-state index is 12.0. The van der Waals surface area contributed by atoms with Gasteiger partial charge >= 0.3 is 11.7 Å². The second-order valence-corrected chi connectivity index (χ2v) is 6.12. The molecule has 30 heavy (non-hydrogen) atoms. The SMILES string of the molecule is O=C(Cc1ccc(Nc2ncc([N+](=O)[O-])c3oncc23)cc1)On1c(O)ccc1O. The summed E-state index contributed by atoms with van der Waals surface area (Å²) in [5.74, 6) is -1.18. The molecule has 4 rings (SSSR count). The number of fused-ring (bicyclic) bond motifs is 1. The van der Waals surface area contributed by atoms with Crippen LogP contribution in [-0.2, 0) is 11.2 Å². The number of benzene rings is 1. The van der Waals surface area contributed by atoms with Crippen molar-refractivity contribution < 1.29 is 29.3 Å². The van der Waals surface area contributed by atoms with E-state index in [2.05, 4.69) is 15.5 Å². The molecule has 3 aromatic heterocycles. The Morgan fingerprint density at radius 2 is 1.87 bits per heavy atom. The van der Waals surface area contributed by atoms with Crippen molar-refractivity contribution >= 4 is 34.1 Å². The minimum atomic E-state index is -0.694. The number of carbonyl (C=O) groups excluding carboxylic acids is 1. The highest BCUT2D eigenvalue weighted by atomic mass is 16.7. The van der Waals surface area contributed by atoms with Crippen LogP contribution in [0.5, 0.6) is 11.8 Å². The molecule has 3 N–H and O–H groups in total. The highest BCUT2D eigenvalue weighted by Crippen LogP contribution is 2.30. The molecule has 0 fully saturated rings. The second kappa shape index (κ2) is 7.43. The summed E-state index contributed by atoms with van der Waals surface area (Å²) in [7, 11) is 0. The van der Waals surface area contributed by atoms with Gasteiger partial charge < -0.3 is 24.9 Å². The molecule has 12 heteroatoms. The molecule has 0 aliphatic rings. The molecule has 0 aliphatic carbocycles. The quantitative estimate of drug-likeness (QED) is 0.316. The maximum Gasteiger partial charge on any atom is 0.337 e. The summed E-state index contributed by atoms with van der Waals surface area (Å²) >= 11 is 0. The summed E-state index contributed by atoms with van der Waals surface area (Å²) in [5, 5.41) is 37.0. The van der Waals surface area contributed by atoms with Gasteiger partial charge in [-0.25, -0.2) is 9.78 Å². The van der Waals surface area contributed by atoms with E-state index in [-0.39, 0.29) is 17.7 Å². The molecule has 0 atom stereocenters. The first-order valence-electron chi connectivity index (χ1n) is 8.47. The maximum absolute atomic E-state index is 12.0. The molecule has 0 bridgehead atoms. The molecule has 12 nitrogen and oxygen atoms in total. The molecule has 1 aromatic carbocycles. The first-order valence-corrected chi connectivity index (χ1v) is 8.47. The summed E-state index contributed by atoms with van der Waals surface area (Å²) in [6.07, 6.45) is 2.30. The summed E-state index contributed by atoms with van der Waals surface area (Å²) in [4.78, 5) is 31.4. The van der Waals surface area contributed by atoms with Gasteiger partial charge in [-0.15, -0.1) is 4.73 Å². The fourth-order valence-corrected chi connectivity index (χ4v) is 2.72. The number of aromatic hydroxyl groups is 2. The van der Waals surface area contributed by atoms with Crippen LogP contribution >= 0.6 is 0 Å². The van der Waals surface area contributed by atoms with E-state index < -0.39 is 22.7 Å². The van der Waals surface area contributed by atoms with E-state index in [0.717, 1.165) is 6.20 Å². The fraction of sp³-hybridized carbons (Fsp3) is 0.0556. The lowest BCUT2D eigenvalue weighted by Gasteiger charge is -2.09. The van der Waals surface area contributed by atoms with Gasteiger partial charge in [-0.05, 0) is 17.7 Å². The van der Waals surface area contributed by atoms with E-state index >= 15 is 0 Å². The number of hydrogen-bond acceptors (Lipinski definition) is 10. The lowest BCUT2D eigenvalue weighted by Crippen LogP contribution is -2.20. The van der Waals surface area contributed by atoms with E-state index in [9.17, 15) is 25.1 Å². The molecule has 4 aromatic rings. The van der Waals surface area contributed by atoms with Crippen molar-refractivity contribution in [3.8, 4) is 11.8 Å². The van der Waals surface area contributed by atoms with Crippen molar-refractivity contribution in [2.75, 3.05) is 5.32 Å². The smallest absolute Gasteiger partial charge is 0.337 e.